The number of aliphatic hydroxyl groups excluding tert-OH is 1. The van der Waals surface area contributed by atoms with Crippen LogP contribution >= 0.6 is 7.75 Å². The SMILES string of the molecule is CCC(CC)CCC(=O)[C@H](C)NP(=O)(OC[C@H]1O[C@@](C#N)(c2ccc3c(N)ncnn23)C[C@@H]1O)Oc1ccccc1. The number of ketones is 1. The van der Waals surface area contributed by atoms with Gasteiger partial charge >= 0.3 is 7.75 Å². The summed E-state index contributed by atoms with van der Waals surface area (Å²) in [6, 6.07) is 13.1. The lowest BCUT2D eigenvalue weighted by Crippen LogP contribution is -2.35. The molecule has 1 saturated heterocycles. The van der Waals surface area contributed by atoms with Crippen molar-refractivity contribution in [1.82, 2.24) is 19.7 Å². The summed E-state index contributed by atoms with van der Waals surface area (Å²) in [5.74, 6) is 0.832. The normalized spacial score (nSPS) is 22.8. The second kappa shape index (κ2) is 13.1. The van der Waals surface area contributed by atoms with E-state index >= 15 is 0 Å². The molecule has 1 aliphatic rings. The number of rotatable bonds is 14. The summed E-state index contributed by atoms with van der Waals surface area (Å²) in [6.45, 7) is 5.43. The summed E-state index contributed by atoms with van der Waals surface area (Å²) in [7, 11) is -4.13. The number of nitrogens with two attached hydrogens (primary N) is 1. The van der Waals surface area contributed by atoms with Gasteiger partial charge in [-0.1, -0.05) is 44.9 Å². The van der Waals surface area contributed by atoms with Gasteiger partial charge in [0.25, 0.3) is 0 Å². The molecule has 0 amide bonds. The Morgan fingerprint density at radius 1 is 1.32 bits per heavy atom. The topological polar surface area (TPSA) is 174 Å². The highest BCUT2D eigenvalue weighted by atomic mass is 31.2. The number of nitrogens with one attached hydrogen (secondary N) is 1. The highest BCUT2D eigenvalue weighted by Gasteiger charge is 2.50. The molecule has 0 spiro atoms. The van der Waals surface area contributed by atoms with Crippen LogP contribution in [0.1, 0.15) is 58.6 Å². The summed E-state index contributed by atoms with van der Waals surface area (Å²) in [4.78, 5) is 16.8. The number of benzene rings is 1. The third kappa shape index (κ3) is 6.94. The molecule has 2 aromatic heterocycles. The molecular weight excluding hydrogens is 547 g/mol. The van der Waals surface area contributed by atoms with E-state index in [0.29, 0.717) is 23.5 Å². The molecule has 0 radical (unpaired) electrons. The number of hydrogen-bond acceptors (Lipinski definition) is 10. The highest BCUT2D eigenvalue weighted by molar-refractivity contribution is 7.52. The fourth-order valence-corrected chi connectivity index (χ4v) is 6.50. The van der Waals surface area contributed by atoms with E-state index in [0.717, 1.165) is 19.3 Å². The molecule has 1 fully saturated rings. The van der Waals surface area contributed by atoms with Gasteiger partial charge < -0.3 is 20.1 Å². The van der Waals surface area contributed by atoms with E-state index in [4.69, 9.17) is 19.5 Å². The van der Waals surface area contributed by atoms with Gasteiger partial charge in [0.1, 0.15) is 35.5 Å². The van der Waals surface area contributed by atoms with Crippen LogP contribution < -0.4 is 15.3 Å². The average Bonchev–Trinajstić information content (AvgIpc) is 3.55. The predicted octanol–water partition coefficient (Wildman–Crippen LogP) is 4.15. The summed E-state index contributed by atoms with van der Waals surface area (Å²) >= 11 is 0. The van der Waals surface area contributed by atoms with Crippen molar-refractivity contribution in [2.24, 2.45) is 5.92 Å². The van der Waals surface area contributed by atoms with Crippen molar-refractivity contribution in [3.8, 4) is 11.8 Å². The molecule has 0 aliphatic carbocycles. The van der Waals surface area contributed by atoms with Crippen LogP contribution in [-0.2, 0) is 24.2 Å². The van der Waals surface area contributed by atoms with Gasteiger partial charge in [-0.3, -0.25) is 9.32 Å². The lowest BCUT2D eigenvalue weighted by molar-refractivity contribution is -0.120. The van der Waals surface area contributed by atoms with Gasteiger partial charge in [0.2, 0.25) is 0 Å². The van der Waals surface area contributed by atoms with Crippen molar-refractivity contribution in [3.05, 3.63) is 54.5 Å². The average molecular weight is 585 g/mol. The van der Waals surface area contributed by atoms with Gasteiger partial charge in [-0.2, -0.15) is 10.4 Å². The van der Waals surface area contributed by atoms with Crippen LogP contribution in [0.25, 0.3) is 5.52 Å². The van der Waals surface area contributed by atoms with Crippen LogP contribution in [0, 0.1) is 17.2 Å². The standard InChI is InChI=1S/C28H37N6O6P/c1-4-20(5-2)11-13-23(35)19(3)33-41(37,40-21-9-7-6-8-10-21)38-16-25-24(36)15-28(17-29,39-25)26-14-12-22-27(30)31-18-32-34(22)26/h6-10,12,14,18-20,24-25,36H,4-5,11,13,15-16H2,1-3H3,(H,33,37)(H2,30,31,32)/t19-,24-,25+,28-,41?/m0/s1. The molecular formula is C28H37N6O6P. The number of para-hydroxylation sites is 1. The minimum atomic E-state index is -4.13. The molecule has 1 unspecified atom stereocenters. The number of nitrogen functional groups attached to an aromatic ring is 1. The predicted molar refractivity (Wildman–Crippen MR) is 152 cm³/mol. The summed E-state index contributed by atoms with van der Waals surface area (Å²) in [6.07, 6.45) is 2.05. The molecule has 5 atom stereocenters. The Hall–Kier alpha value is -3.33. The van der Waals surface area contributed by atoms with Crippen LogP contribution in [0.2, 0.25) is 0 Å². The summed E-state index contributed by atoms with van der Waals surface area (Å²) in [5.41, 5.74) is 5.21. The van der Waals surface area contributed by atoms with E-state index in [1.807, 2.05) is 0 Å². The lowest BCUT2D eigenvalue weighted by Gasteiger charge is -2.25. The van der Waals surface area contributed by atoms with Crippen molar-refractivity contribution in [1.29, 1.82) is 5.26 Å². The second-order valence-corrected chi connectivity index (χ2v) is 12.0. The number of carbonyl (C=O) groups excluding carboxylic acids is 1. The van der Waals surface area contributed by atoms with Crippen LogP contribution in [0.5, 0.6) is 5.75 Å². The Kier molecular flexibility index (Phi) is 9.79. The monoisotopic (exact) mass is 584 g/mol. The fraction of sp³-hybridized carbons (Fsp3) is 0.500. The molecule has 1 aliphatic heterocycles. The number of hydrogen-bond donors (Lipinski definition) is 3. The van der Waals surface area contributed by atoms with Gasteiger partial charge in [-0.15, -0.1) is 0 Å². The maximum atomic E-state index is 13.9. The molecule has 1 aromatic carbocycles. The third-order valence-electron chi connectivity index (χ3n) is 7.52. The number of Topliss-reactive ketones (excluding diaryl/α,β-unsaturated/α-hetero) is 1. The summed E-state index contributed by atoms with van der Waals surface area (Å²) < 4.78 is 32.9. The van der Waals surface area contributed by atoms with Crippen molar-refractivity contribution in [2.75, 3.05) is 12.3 Å². The van der Waals surface area contributed by atoms with E-state index < -0.39 is 31.6 Å². The van der Waals surface area contributed by atoms with Crippen LogP contribution in [0.15, 0.2) is 48.8 Å². The molecule has 4 rings (SSSR count). The second-order valence-electron chi connectivity index (χ2n) is 10.3. The van der Waals surface area contributed by atoms with E-state index in [1.54, 1.807) is 49.4 Å². The van der Waals surface area contributed by atoms with Crippen LogP contribution in [-0.4, -0.2) is 50.3 Å². The number of nitrogens with zero attached hydrogens (tertiary/aromatic N) is 4. The first-order valence-corrected chi connectivity index (χ1v) is 15.3. The van der Waals surface area contributed by atoms with Gasteiger partial charge in [0, 0.05) is 12.8 Å². The Morgan fingerprint density at radius 3 is 2.73 bits per heavy atom. The zero-order valence-corrected chi connectivity index (χ0v) is 24.4. The molecule has 3 heterocycles. The van der Waals surface area contributed by atoms with Crippen molar-refractivity contribution in [2.45, 2.75) is 76.7 Å². The van der Waals surface area contributed by atoms with Gasteiger partial charge in [0.15, 0.2) is 11.4 Å². The quantitative estimate of drug-likeness (QED) is 0.232. The van der Waals surface area contributed by atoms with Crippen molar-refractivity contribution in [3.63, 3.8) is 0 Å². The van der Waals surface area contributed by atoms with Crippen LogP contribution in [0.4, 0.5) is 5.82 Å². The van der Waals surface area contributed by atoms with Crippen molar-refractivity contribution >= 4 is 24.9 Å². The molecule has 0 saturated carbocycles. The zero-order chi connectivity index (χ0) is 29.6. The first-order chi connectivity index (χ1) is 19.6. The smallest absolute Gasteiger partial charge is 0.413 e. The first kappa shape index (κ1) is 30.6. The van der Waals surface area contributed by atoms with E-state index in [2.05, 4.69) is 35.1 Å². The molecule has 13 heteroatoms. The Morgan fingerprint density at radius 2 is 2.05 bits per heavy atom. The molecule has 12 nitrogen and oxygen atoms in total. The molecule has 4 N–H and O–H groups in total. The third-order valence-corrected chi connectivity index (χ3v) is 9.16. The zero-order valence-electron chi connectivity index (χ0n) is 23.5. The Labute approximate surface area is 239 Å². The Balaban J connectivity index is 1.50. The van der Waals surface area contributed by atoms with E-state index in [-0.39, 0.29) is 30.4 Å². The van der Waals surface area contributed by atoms with Gasteiger partial charge in [-0.25, -0.2) is 19.2 Å². The molecule has 3 aromatic rings. The van der Waals surface area contributed by atoms with E-state index in [9.17, 15) is 19.7 Å². The molecule has 41 heavy (non-hydrogen) atoms. The van der Waals surface area contributed by atoms with E-state index in [1.165, 1.54) is 10.8 Å². The van der Waals surface area contributed by atoms with Gasteiger partial charge in [-0.05, 0) is 43.5 Å². The lowest BCUT2D eigenvalue weighted by atomic mass is 9.95. The van der Waals surface area contributed by atoms with Gasteiger partial charge in [0.05, 0.1) is 24.4 Å². The number of anilines is 1. The number of fused-ring (bicyclic) bond motifs is 1. The number of nitriles is 1. The maximum absolute atomic E-state index is 13.9. The number of aromatic nitrogens is 3. The highest BCUT2D eigenvalue weighted by Crippen LogP contribution is 2.47. The summed E-state index contributed by atoms with van der Waals surface area (Å²) in [5, 5.41) is 28.0. The van der Waals surface area contributed by atoms with Crippen LogP contribution in [0.3, 0.4) is 0 Å². The first-order valence-electron chi connectivity index (χ1n) is 13.8. The van der Waals surface area contributed by atoms with Crippen molar-refractivity contribution < 1.29 is 28.3 Å². The minimum absolute atomic E-state index is 0.0876. The fourth-order valence-electron chi connectivity index (χ4n) is 4.96. The number of aliphatic hydroxyl groups is 1. The maximum Gasteiger partial charge on any atom is 0.459 e. The number of ether oxygens (including phenoxy) is 1. The molecule has 0 bridgehead atoms. The largest absolute Gasteiger partial charge is 0.459 e. The molecule has 220 valence electrons. The Bertz CT molecular complexity index is 1420. The minimum Gasteiger partial charge on any atom is -0.413 e. The number of carbonyl (C=O) groups is 1.